The van der Waals surface area contributed by atoms with Gasteiger partial charge in [0.15, 0.2) is 0 Å². The predicted molar refractivity (Wildman–Crippen MR) is 75.4 cm³/mol. The summed E-state index contributed by atoms with van der Waals surface area (Å²) >= 11 is 0. The summed E-state index contributed by atoms with van der Waals surface area (Å²) in [4.78, 5) is 0. The Bertz CT molecular complexity index is 140. The molecule has 0 aromatic rings. The molecule has 0 bridgehead atoms. The van der Waals surface area contributed by atoms with E-state index in [1.165, 1.54) is 77.0 Å². The summed E-state index contributed by atoms with van der Waals surface area (Å²) in [6.07, 6.45) is 16.8. The van der Waals surface area contributed by atoms with Gasteiger partial charge in [0.25, 0.3) is 0 Å². The Hall–Kier alpha value is -0.0400. The lowest BCUT2D eigenvalue weighted by atomic mass is 9.95. The molecule has 1 heterocycles. The van der Waals surface area contributed by atoms with Crippen LogP contribution in [0.25, 0.3) is 0 Å². The van der Waals surface area contributed by atoms with Crippen LogP contribution in [0, 0.1) is 5.92 Å². The first-order valence-electron chi connectivity index (χ1n) is 8.01. The highest BCUT2D eigenvalue weighted by Crippen LogP contribution is 2.19. The van der Waals surface area contributed by atoms with Crippen molar-refractivity contribution in [2.45, 2.75) is 84.0 Å². The Kier molecular flexibility index (Phi) is 9.78. The molecule has 1 fully saturated rings. The van der Waals surface area contributed by atoms with E-state index >= 15 is 0 Å². The van der Waals surface area contributed by atoms with E-state index in [0.29, 0.717) is 0 Å². The molecule has 0 aromatic carbocycles. The first-order chi connectivity index (χ1) is 8.43. The number of hydrogen-bond acceptors (Lipinski definition) is 1. The quantitative estimate of drug-likeness (QED) is 0.601. The van der Waals surface area contributed by atoms with Crippen molar-refractivity contribution in [1.82, 2.24) is 0 Å². The second-order valence-corrected chi connectivity index (χ2v) is 5.65. The molecule has 1 heteroatoms. The van der Waals surface area contributed by atoms with Crippen molar-refractivity contribution in [1.29, 1.82) is 0 Å². The van der Waals surface area contributed by atoms with Gasteiger partial charge in [0.2, 0.25) is 0 Å². The number of hydrogen-bond donors (Lipinski definition) is 0. The average molecular weight is 240 g/mol. The van der Waals surface area contributed by atoms with Gasteiger partial charge in [-0.1, -0.05) is 71.1 Å². The molecule has 1 nitrogen and oxygen atoms in total. The lowest BCUT2D eigenvalue weighted by Crippen LogP contribution is -2.05. The van der Waals surface area contributed by atoms with Gasteiger partial charge in [-0.15, -0.1) is 0 Å². The fourth-order valence-electron chi connectivity index (χ4n) is 2.78. The predicted octanol–water partition coefficient (Wildman–Crippen LogP) is 5.33. The molecule has 1 atom stereocenters. The molecule has 1 aliphatic heterocycles. The number of rotatable bonds is 1. The monoisotopic (exact) mass is 240 g/mol. The Morgan fingerprint density at radius 3 is 1.94 bits per heavy atom. The Morgan fingerprint density at radius 1 is 0.706 bits per heavy atom. The summed E-state index contributed by atoms with van der Waals surface area (Å²) in [5, 5.41) is 0. The largest absolute Gasteiger partial charge is 0.381 e. The highest BCUT2D eigenvalue weighted by atomic mass is 16.5. The molecule has 0 amide bonds. The van der Waals surface area contributed by atoms with Gasteiger partial charge >= 0.3 is 0 Å². The molecule has 1 rings (SSSR count). The lowest BCUT2D eigenvalue weighted by molar-refractivity contribution is 0.114. The van der Waals surface area contributed by atoms with E-state index in [-0.39, 0.29) is 0 Å². The summed E-state index contributed by atoms with van der Waals surface area (Å²) in [6, 6.07) is 0. The van der Waals surface area contributed by atoms with Gasteiger partial charge in [0.05, 0.1) is 0 Å². The van der Waals surface area contributed by atoms with Crippen LogP contribution in [0.15, 0.2) is 0 Å². The van der Waals surface area contributed by atoms with Crippen molar-refractivity contribution in [3.8, 4) is 0 Å². The molecule has 0 aliphatic carbocycles. The first kappa shape index (κ1) is 15.0. The normalized spacial score (nSPS) is 27.0. The van der Waals surface area contributed by atoms with Crippen LogP contribution in [0.5, 0.6) is 0 Å². The third-order valence-electron chi connectivity index (χ3n) is 4.15. The van der Waals surface area contributed by atoms with Crippen LogP contribution in [0.4, 0.5) is 0 Å². The van der Waals surface area contributed by atoms with Crippen LogP contribution in [0.1, 0.15) is 84.0 Å². The van der Waals surface area contributed by atoms with Gasteiger partial charge in [-0.2, -0.15) is 0 Å². The van der Waals surface area contributed by atoms with Crippen molar-refractivity contribution in [3.63, 3.8) is 0 Å². The van der Waals surface area contributed by atoms with Crippen LogP contribution in [-0.4, -0.2) is 13.2 Å². The third kappa shape index (κ3) is 8.65. The molecule has 17 heavy (non-hydrogen) atoms. The SMILES string of the molecule is CCC1CCCCCCCCCCCOCC1. The summed E-state index contributed by atoms with van der Waals surface area (Å²) in [5.74, 6) is 0.917. The Labute approximate surface area is 108 Å². The molecule has 0 aromatic heterocycles. The maximum absolute atomic E-state index is 5.74. The third-order valence-corrected chi connectivity index (χ3v) is 4.15. The fourth-order valence-corrected chi connectivity index (χ4v) is 2.78. The van der Waals surface area contributed by atoms with Crippen molar-refractivity contribution in [2.75, 3.05) is 13.2 Å². The van der Waals surface area contributed by atoms with Crippen LogP contribution in [-0.2, 0) is 4.74 Å². The average Bonchev–Trinajstić information content (AvgIpc) is 2.36. The molecular weight excluding hydrogens is 208 g/mol. The van der Waals surface area contributed by atoms with Crippen molar-refractivity contribution >= 4 is 0 Å². The van der Waals surface area contributed by atoms with E-state index in [2.05, 4.69) is 6.92 Å². The molecular formula is C16H32O. The van der Waals surface area contributed by atoms with E-state index in [1.807, 2.05) is 0 Å². The van der Waals surface area contributed by atoms with E-state index < -0.39 is 0 Å². The summed E-state index contributed by atoms with van der Waals surface area (Å²) in [6.45, 7) is 4.33. The van der Waals surface area contributed by atoms with Crippen molar-refractivity contribution in [2.24, 2.45) is 5.92 Å². The maximum Gasteiger partial charge on any atom is 0.0468 e. The second kappa shape index (κ2) is 11.1. The van der Waals surface area contributed by atoms with Gasteiger partial charge in [-0.05, 0) is 18.8 Å². The minimum absolute atomic E-state index is 0.917. The van der Waals surface area contributed by atoms with E-state index in [1.54, 1.807) is 0 Å². The Morgan fingerprint density at radius 2 is 1.29 bits per heavy atom. The van der Waals surface area contributed by atoms with E-state index in [4.69, 9.17) is 4.74 Å². The van der Waals surface area contributed by atoms with Gasteiger partial charge in [0.1, 0.15) is 0 Å². The fraction of sp³-hybridized carbons (Fsp3) is 1.00. The molecule has 1 unspecified atom stereocenters. The first-order valence-corrected chi connectivity index (χ1v) is 8.01. The van der Waals surface area contributed by atoms with Crippen molar-refractivity contribution < 1.29 is 4.74 Å². The van der Waals surface area contributed by atoms with Gasteiger partial charge in [0, 0.05) is 13.2 Å². The summed E-state index contributed by atoms with van der Waals surface area (Å²) < 4.78 is 5.74. The van der Waals surface area contributed by atoms with Crippen LogP contribution < -0.4 is 0 Å². The lowest BCUT2D eigenvalue weighted by Gasteiger charge is -2.14. The second-order valence-electron chi connectivity index (χ2n) is 5.65. The van der Waals surface area contributed by atoms with Gasteiger partial charge in [-0.25, -0.2) is 0 Å². The van der Waals surface area contributed by atoms with E-state index in [0.717, 1.165) is 19.1 Å². The molecule has 0 spiro atoms. The minimum atomic E-state index is 0.917. The molecule has 0 saturated carbocycles. The van der Waals surface area contributed by atoms with Crippen molar-refractivity contribution in [3.05, 3.63) is 0 Å². The van der Waals surface area contributed by atoms with Crippen LogP contribution in [0.3, 0.4) is 0 Å². The highest BCUT2D eigenvalue weighted by molar-refractivity contribution is 4.58. The topological polar surface area (TPSA) is 9.23 Å². The van der Waals surface area contributed by atoms with Gasteiger partial charge < -0.3 is 4.74 Å². The number of ether oxygens (including phenoxy) is 1. The zero-order valence-corrected chi connectivity index (χ0v) is 11.9. The summed E-state index contributed by atoms with van der Waals surface area (Å²) in [7, 11) is 0. The molecule has 102 valence electrons. The molecule has 0 N–H and O–H groups in total. The molecule has 0 radical (unpaired) electrons. The zero-order chi connectivity index (χ0) is 12.2. The highest BCUT2D eigenvalue weighted by Gasteiger charge is 2.06. The molecule has 1 saturated heterocycles. The standard InChI is InChI=1S/C16H32O/c1-2-16-12-10-8-6-4-3-5-7-9-11-14-17-15-13-16/h16H,2-15H2,1H3. The zero-order valence-electron chi connectivity index (χ0n) is 11.9. The van der Waals surface area contributed by atoms with Gasteiger partial charge in [-0.3, -0.25) is 0 Å². The molecule has 1 aliphatic rings. The Balaban J connectivity index is 2.16. The maximum atomic E-state index is 5.74. The summed E-state index contributed by atoms with van der Waals surface area (Å²) in [5.41, 5.74) is 0. The van der Waals surface area contributed by atoms with Crippen LogP contribution in [0.2, 0.25) is 0 Å². The smallest absolute Gasteiger partial charge is 0.0468 e. The van der Waals surface area contributed by atoms with Crippen LogP contribution >= 0.6 is 0 Å². The minimum Gasteiger partial charge on any atom is -0.381 e. The van der Waals surface area contributed by atoms with E-state index in [9.17, 15) is 0 Å².